The molecule has 124 valence electrons. The highest BCUT2D eigenvalue weighted by Gasteiger charge is 2.21. The number of aryl methyl sites for hydroxylation is 1. The van der Waals surface area contributed by atoms with Crippen LogP contribution in [0, 0.1) is 6.92 Å². The summed E-state index contributed by atoms with van der Waals surface area (Å²) in [6.07, 6.45) is 0. The van der Waals surface area contributed by atoms with Gasteiger partial charge in [-0.3, -0.25) is 0 Å². The molecule has 0 atom stereocenters. The van der Waals surface area contributed by atoms with E-state index < -0.39 is 0 Å². The van der Waals surface area contributed by atoms with Gasteiger partial charge in [-0.15, -0.1) is 0 Å². The third kappa shape index (κ3) is 2.25. The first-order chi connectivity index (χ1) is 12.7. The lowest BCUT2D eigenvalue weighted by molar-refractivity contribution is 0.477. The number of hydrogen-bond acceptors (Lipinski definition) is 1. The molecular formula is C25H18O. The van der Waals surface area contributed by atoms with Gasteiger partial charge in [0.05, 0.1) is 0 Å². The fraction of sp³-hybridized carbons (Fsp3) is 0.0400. The average Bonchev–Trinajstić information content (AvgIpc) is 2.66. The first-order valence-electron chi connectivity index (χ1n) is 8.81. The summed E-state index contributed by atoms with van der Waals surface area (Å²) in [5.41, 5.74) is 4.80. The zero-order chi connectivity index (χ0) is 17.7. The Morgan fingerprint density at radius 1 is 0.808 bits per heavy atom. The Morgan fingerprint density at radius 3 is 2.50 bits per heavy atom. The van der Waals surface area contributed by atoms with Crippen LogP contribution in [0.4, 0.5) is 0 Å². The molecule has 1 heterocycles. The molecule has 0 fully saturated rings. The quantitative estimate of drug-likeness (QED) is 0.423. The van der Waals surface area contributed by atoms with E-state index in [2.05, 4.69) is 74.2 Å². The highest BCUT2D eigenvalue weighted by atomic mass is 16.5. The first kappa shape index (κ1) is 15.0. The summed E-state index contributed by atoms with van der Waals surface area (Å²) in [5.74, 6) is 1.80. The lowest BCUT2D eigenvalue weighted by atomic mass is 9.90. The number of hydrogen-bond donors (Lipinski definition) is 0. The molecule has 1 aliphatic rings. The van der Waals surface area contributed by atoms with E-state index in [9.17, 15) is 0 Å². The maximum atomic E-state index is 6.40. The van der Waals surface area contributed by atoms with E-state index in [1.165, 1.54) is 22.1 Å². The van der Waals surface area contributed by atoms with Gasteiger partial charge in [-0.2, -0.15) is 0 Å². The molecule has 0 aliphatic carbocycles. The van der Waals surface area contributed by atoms with Crippen molar-refractivity contribution >= 4 is 22.9 Å². The Hall–Kier alpha value is -3.32. The Morgan fingerprint density at radius 2 is 1.65 bits per heavy atom. The van der Waals surface area contributed by atoms with Crippen LogP contribution in [0.25, 0.3) is 22.9 Å². The van der Waals surface area contributed by atoms with Crippen LogP contribution in [0.1, 0.15) is 16.7 Å². The molecule has 1 nitrogen and oxygen atoms in total. The van der Waals surface area contributed by atoms with Crippen molar-refractivity contribution in [1.82, 2.24) is 0 Å². The van der Waals surface area contributed by atoms with E-state index in [4.69, 9.17) is 4.74 Å². The van der Waals surface area contributed by atoms with Crippen molar-refractivity contribution < 1.29 is 4.74 Å². The Balaban J connectivity index is 1.93. The molecule has 0 saturated carbocycles. The molecule has 0 aromatic heterocycles. The third-order valence-electron chi connectivity index (χ3n) is 4.99. The van der Waals surface area contributed by atoms with Crippen molar-refractivity contribution in [2.45, 2.75) is 6.92 Å². The summed E-state index contributed by atoms with van der Waals surface area (Å²) in [5, 5.41) is 4.41. The smallest absolute Gasteiger partial charge is 0.143 e. The SMILES string of the molecule is C=c1ccc2c(c1)Oc1c(ccc3cc(C)ccc13)C=2c1ccccc1. The zero-order valence-corrected chi connectivity index (χ0v) is 14.6. The summed E-state index contributed by atoms with van der Waals surface area (Å²) < 4.78 is 6.40. The second kappa shape index (κ2) is 5.60. The second-order valence-electron chi connectivity index (χ2n) is 6.84. The highest BCUT2D eigenvalue weighted by molar-refractivity contribution is 5.97. The lowest BCUT2D eigenvalue weighted by Gasteiger charge is -2.23. The predicted molar refractivity (Wildman–Crippen MR) is 108 cm³/mol. The molecule has 26 heavy (non-hydrogen) atoms. The van der Waals surface area contributed by atoms with Gasteiger partial charge in [0.15, 0.2) is 0 Å². The summed E-state index contributed by atoms with van der Waals surface area (Å²) in [6.45, 7) is 6.18. The van der Waals surface area contributed by atoms with E-state index in [1.807, 2.05) is 18.2 Å². The van der Waals surface area contributed by atoms with Gasteiger partial charge in [0, 0.05) is 21.7 Å². The summed E-state index contributed by atoms with van der Waals surface area (Å²) in [6, 6.07) is 27.6. The average molecular weight is 334 g/mol. The van der Waals surface area contributed by atoms with Gasteiger partial charge in [0.25, 0.3) is 0 Å². The van der Waals surface area contributed by atoms with E-state index in [-0.39, 0.29) is 0 Å². The van der Waals surface area contributed by atoms with Crippen molar-refractivity contribution in [3.63, 3.8) is 0 Å². The number of rotatable bonds is 1. The van der Waals surface area contributed by atoms with Gasteiger partial charge in [-0.25, -0.2) is 0 Å². The Kier molecular flexibility index (Phi) is 3.23. The maximum Gasteiger partial charge on any atom is 0.143 e. The molecule has 0 unspecified atom stereocenters. The second-order valence-corrected chi connectivity index (χ2v) is 6.84. The predicted octanol–water partition coefficient (Wildman–Crippen LogP) is 4.91. The number of fused-ring (bicyclic) bond motifs is 4. The summed E-state index contributed by atoms with van der Waals surface area (Å²) in [4.78, 5) is 0. The minimum atomic E-state index is 0.872. The van der Waals surface area contributed by atoms with Gasteiger partial charge < -0.3 is 4.74 Å². The van der Waals surface area contributed by atoms with E-state index in [0.29, 0.717) is 0 Å². The monoisotopic (exact) mass is 334 g/mol. The van der Waals surface area contributed by atoms with Crippen LogP contribution in [0.15, 0.2) is 78.9 Å². The number of ether oxygens (including phenoxy) is 1. The molecule has 1 aliphatic heterocycles. The molecule has 0 spiro atoms. The van der Waals surface area contributed by atoms with Crippen LogP contribution in [0.2, 0.25) is 0 Å². The van der Waals surface area contributed by atoms with E-state index >= 15 is 0 Å². The van der Waals surface area contributed by atoms with Crippen LogP contribution >= 0.6 is 0 Å². The Labute approximate surface area is 152 Å². The van der Waals surface area contributed by atoms with Gasteiger partial charge in [0.2, 0.25) is 0 Å². The van der Waals surface area contributed by atoms with Crippen LogP contribution in [0.5, 0.6) is 11.5 Å². The van der Waals surface area contributed by atoms with Gasteiger partial charge in [-0.05, 0) is 35.2 Å². The van der Waals surface area contributed by atoms with Crippen LogP contribution < -0.4 is 15.2 Å². The molecule has 0 bridgehead atoms. The lowest BCUT2D eigenvalue weighted by Crippen LogP contribution is -2.19. The third-order valence-corrected chi connectivity index (χ3v) is 4.99. The molecule has 5 rings (SSSR count). The Bertz CT molecular complexity index is 1270. The fourth-order valence-electron chi connectivity index (χ4n) is 3.76. The molecular weight excluding hydrogens is 316 g/mol. The van der Waals surface area contributed by atoms with Crippen LogP contribution in [-0.2, 0) is 0 Å². The normalized spacial score (nSPS) is 12.4. The topological polar surface area (TPSA) is 9.23 Å². The van der Waals surface area contributed by atoms with Crippen molar-refractivity contribution in [2.75, 3.05) is 0 Å². The van der Waals surface area contributed by atoms with Crippen molar-refractivity contribution in [2.24, 2.45) is 0 Å². The van der Waals surface area contributed by atoms with Crippen LogP contribution in [0.3, 0.4) is 0 Å². The zero-order valence-electron chi connectivity index (χ0n) is 14.6. The highest BCUT2D eigenvalue weighted by Crippen LogP contribution is 2.40. The summed E-state index contributed by atoms with van der Waals surface area (Å²) in [7, 11) is 0. The minimum Gasteiger partial charge on any atom is -0.455 e. The van der Waals surface area contributed by atoms with Crippen molar-refractivity contribution in [3.05, 3.63) is 106 Å². The van der Waals surface area contributed by atoms with Gasteiger partial charge >= 0.3 is 0 Å². The standard InChI is InChI=1S/C25H18O/c1-16-8-11-20-19(14-16)10-13-22-24(18-6-4-3-5-7-18)21-12-9-17(2)15-23(21)26-25(20)22/h3-15H,2H2,1H3. The molecule has 1 heteroatoms. The molecule has 4 aromatic rings. The van der Waals surface area contributed by atoms with Crippen molar-refractivity contribution in [3.8, 4) is 11.5 Å². The minimum absolute atomic E-state index is 0.872. The largest absolute Gasteiger partial charge is 0.455 e. The maximum absolute atomic E-state index is 6.40. The molecule has 4 aromatic carbocycles. The molecule has 0 amide bonds. The van der Waals surface area contributed by atoms with Crippen molar-refractivity contribution in [1.29, 1.82) is 0 Å². The van der Waals surface area contributed by atoms with E-state index in [0.717, 1.165) is 32.9 Å². The van der Waals surface area contributed by atoms with E-state index in [1.54, 1.807) is 0 Å². The first-order valence-corrected chi connectivity index (χ1v) is 8.81. The van der Waals surface area contributed by atoms with Crippen LogP contribution in [-0.4, -0.2) is 0 Å². The number of benzene rings is 4. The fourth-order valence-corrected chi connectivity index (χ4v) is 3.76. The summed E-state index contributed by atoms with van der Waals surface area (Å²) >= 11 is 0. The van der Waals surface area contributed by atoms with Gasteiger partial charge in [0.1, 0.15) is 11.5 Å². The molecule has 0 N–H and O–H groups in total. The molecule has 0 saturated heterocycles. The van der Waals surface area contributed by atoms with Gasteiger partial charge in [-0.1, -0.05) is 78.9 Å². The molecule has 0 radical (unpaired) electrons.